The van der Waals surface area contributed by atoms with E-state index in [0.29, 0.717) is 30.6 Å². The van der Waals surface area contributed by atoms with Crippen LogP contribution in [-0.4, -0.2) is 30.1 Å². The first-order valence-electron chi connectivity index (χ1n) is 7.58. The van der Waals surface area contributed by atoms with Crippen LogP contribution in [0, 0.1) is 11.8 Å². The van der Waals surface area contributed by atoms with Gasteiger partial charge in [-0.05, 0) is 36.0 Å². The second kappa shape index (κ2) is 9.07. The molecule has 0 fully saturated rings. The van der Waals surface area contributed by atoms with Crippen LogP contribution in [0.2, 0.25) is 0 Å². The fourth-order valence-electron chi connectivity index (χ4n) is 1.84. The molecule has 0 aromatic heterocycles. The highest BCUT2D eigenvalue weighted by molar-refractivity contribution is 5.76. The minimum Gasteiger partial charge on any atom is -0.482 e. The molecule has 0 saturated carbocycles. The summed E-state index contributed by atoms with van der Waals surface area (Å²) in [5.41, 5.74) is 1.07. The van der Waals surface area contributed by atoms with Crippen molar-refractivity contribution in [1.82, 2.24) is 5.32 Å². The zero-order valence-corrected chi connectivity index (χ0v) is 13.5. The third kappa shape index (κ3) is 7.11. The van der Waals surface area contributed by atoms with Crippen molar-refractivity contribution in [2.24, 2.45) is 11.8 Å². The van der Waals surface area contributed by atoms with Crippen molar-refractivity contribution >= 4 is 11.9 Å². The lowest BCUT2D eigenvalue weighted by Gasteiger charge is -2.14. The Labute approximate surface area is 131 Å². The largest absolute Gasteiger partial charge is 0.482 e. The van der Waals surface area contributed by atoms with E-state index in [9.17, 15) is 9.59 Å². The van der Waals surface area contributed by atoms with Gasteiger partial charge < -0.3 is 15.2 Å². The summed E-state index contributed by atoms with van der Waals surface area (Å²) in [6.45, 7) is 6.57. The maximum absolute atomic E-state index is 11.8. The first kappa shape index (κ1) is 18.0. The number of carbonyl (C=O) groups excluding carboxylic acids is 1. The van der Waals surface area contributed by atoms with Gasteiger partial charge in [-0.1, -0.05) is 32.9 Å². The smallest absolute Gasteiger partial charge is 0.341 e. The fraction of sp³-hybridized carbons (Fsp3) is 0.529. The predicted molar refractivity (Wildman–Crippen MR) is 84.9 cm³/mol. The summed E-state index contributed by atoms with van der Waals surface area (Å²) in [5.74, 6) is 0.501. The third-order valence-corrected chi connectivity index (χ3v) is 3.67. The zero-order chi connectivity index (χ0) is 16.5. The molecule has 2 N–H and O–H groups in total. The number of amides is 1. The van der Waals surface area contributed by atoms with Crippen molar-refractivity contribution in [3.8, 4) is 5.75 Å². The Balaban J connectivity index is 2.30. The van der Waals surface area contributed by atoms with Gasteiger partial charge in [-0.3, -0.25) is 4.79 Å². The van der Waals surface area contributed by atoms with Gasteiger partial charge in [0.1, 0.15) is 5.75 Å². The van der Waals surface area contributed by atoms with Crippen molar-refractivity contribution in [3.63, 3.8) is 0 Å². The second-order valence-corrected chi connectivity index (χ2v) is 5.85. The molecule has 1 atom stereocenters. The van der Waals surface area contributed by atoms with E-state index >= 15 is 0 Å². The molecule has 1 rings (SSSR count). The van der Waals surface area contributed by atoms with E-state index in [1.54, 1.807) is 12.1 Å². The molecule has 0 bridgehead atoms. The van der Waals surface area contributed by atoms with Crippen LogP contribution in [-0.2, 0) is 16.0 Å². The summed E-state index contributed by atoms with van der Waals surface area (Å²) in [6.07, 6.45) is 1.29. The maximum atomic E-state index is 11.8. The average Bonchev–Trinajstić information content (AvgIpc) is 2.46. The number of carboxylic acids is 1. The van der Waals surface area contributed by atoms with Gasteiger partial charge in [0.2, 0.25) is 5.91 Å². The van der Waals surface area contributed by atoms with Crippen molar-refractivity contribution in [1.29, 1.82) is 0 Å². The maximum Gasteiger partial charge on any atom is 0.341 e. The first-order valence-corrected chi connectivity index (χ1v) is 7.58. The molecule has 1 unspecified atom stereocenters. The van der Waals surface area contributed by atoms with Crippen LogP contribution in [0.15, 0.2) is 24.3 Å². The second-order valence-electron chi connectivity index (χ2n) is 5.85. The van der Waals surface area contributed by atoms with Gasteiger partial charge in [-0.25, -0.2) is 4.79 Å². The number of rotatable bonds is 9. The highest BCUT2D eigenvalue weighted by Gasteiger charge is 2.11. The zero-order valence-electron chi connectivity index (χ0n) is 13.5. The number of carboxylic acid groups (broad SMARTS) is 1. The van der Waals surface area contributed by atoms with Gasteiger partial charge in [0.25, 0.3) is 0 Å². The number of ether oxygens (including phenoxy) is 1. The van der Waals surface area contributed by atoms with E-state index in [4.69, 9.17) is 9.84 Å². The molecule has 1 amide bonds. The molecule has 122 valence electrons. The van der Waals surface area contributed by atoms with Crippen LogP contribution in [0.1, 0.15) is 32.8 Å². The van der Waals surface area contributed by atoms with Crippen LogP contribution in [0.5, 0.6) is 5.75 Å². The summed E-state index contributed by atoms with van der Waals surface area (Å²) in [6, 6.07) is 7.22. The number of nitrogens with one attached hydrogen (secondary N) is 1. The van der Waals surface area contributed by atoms with Crippen LogP contribution >= 0.6 is 0 Å². The quantitative estimate of drug-likeness (QED) is 0.735. The number of aliphatic carboxylic acids is 1. The number of benzene rings is 1. The number of carbonyl (C=O) groups is 2. The molecule has 0 aliphatic rings. The minimum atomic E-state index is -0.998. The normalized spacial score (nSPS) is 12.0. The van der Waals surface area contributed by atoms with Crippen LogP contribution < -0.4 is 10.1 Å². The number of hydrogen-bond donors (Lipinski definition) is 2. The highest BCUT2D eigenvalue weighted by Crippen LogP contribution is 2.14. The van der Waals surface area contributed by atoms with Crippen LogP contribution in [0.25, 0.3) is 0 Å². The topological polar surface area (TPSA) is 75.6 Å². The molecule has 5 nitrogen and oxygen atoms in total. The molecular weight excluding hydrogens is 282 g/mol. The molecule has 0 radical (unpaired) electrons. The molecule has 5 heteroatoms. The van der Waals surface area contributed by atoms with Crippen LogP contribution in [0.4, 0.5) is 0 Å². The van der Waals surface area contributed by atoms with E-state index in [1.807, 2.05) is 12.1 Å². The summed E-state index contributed by atoms with van der Waals surface area (Å²) in [7, 11) is 0. The predicted octanol–water partition coefficient (Wildman–Crippen LogP) is 2.49. The Kier molecular flexibility index (Phi) is 7.43. The summed E-state index contributed by atoms with van der Waals surface area (Å²) in [4.78, 5) is 22.2. The van der Waals surface area contributed by atoms with Gasteiger partial charge in [-0.2, -0.15) is 0 Å². The molecule has 1 aromatic rings. The lowest BCUT2D eigenvalue weighted by atomic mass is 9.94. The number of hydrogen-bond acceptors (Lipinski definition) is 3. The first-order chi connectivity index (χ1) is 10.4. The molecule has 0 heterocycles. The lowest BCUT2D eigenvalue weighted by Crippen LogP contribution is -2.28. The van der Waals surface area contributed by atoms with Gasteiger partial charge >= 0.3 is 5.97 Å². The summed E-state index contributed by atoms with van der Waals surface area (Å²) < 4.78 is 5.06. The highest BCUT2D eigenvalue weighted by atomic mass is 16.5. The molecule has 0 aliphatic heterocycles. The van der Waals surface area contributed by atoms with Gasteiger partial charge in [-0.15, -0.1) is 0 Å². The fourth-order valence-corrected chi connectivity index (χ4v) is 1.84. The Hall–Kier alpha value is -2.04. The van der Waals surface area contributed by atoms with Crippen LogP contribution in [0.3, 0.4) is 0 Å². The monoisotopic (exact) mass is 307 g/mol. The van der Waals surface area contributed by atoms with Gasteiger partial charge in [0.15, 0.2) is 6.61 Å². The SMILES string of the molecule is CC(C)C(C)CC(=O)NCCc1ccc(OCC(=O)O)cc1. The summed E-state index contributed by atoms with van der Waals surface area (Å²) in [5, 5.41) is 11.5. The van der Waals surface area contributed by atoms with E-state index in [0.717, 1.165) is 12.0 Å². The Morgan fingerprint density at radius 2 is 1.82 bits per heavy atom. The molecule has 0 spiro atoms. The van der Waals surface area contributed by atoms with E-state index < -0.39 is 5.97 Å². The molecule has 22 heavy (non-hydrogen) atoms. The third-order valence-electron chi connectivity index (χ3n) is 3.67. The van der Waals surface area contributed by atoms with Gasteiger partial charge in [0.05, 0.1) is 0 Å². The van der Waals surface area contributed by atoms with Crippen molar-refractivity contribution in [2.45, 2.75) is 33.6 Å². The molecule has 0 aliphatic carbocycles. The Bertz CT molecular complexity index is 482. The van der Waals surface area contributed by atoms with Crippen molar-refractivity contribution in [2.75, 3.05) is 13.2 Å². The average molecular weight is 307 g/mol. The van der Waals surface area contributed by atoms with E-state index in [-0.39, 0.29) is 12.5 Å². The Morgan fingerprint density at radius 3 is 2.36 bits per heavy atom. The lowest BCUT2D eigenvalue weighted by molar-refractivity contribution is -0.139. The Morgan fingerprint density at radius 1 is 1.18 bits per heavy atom. The summed E-state index contributed by atoms with van der Waals surface area (Å²) >= 11 is 0. The molecular formula is C17H25NO4. The van der Waals surface area contributed by atoms with Crippen molar-refractivity contribution in [3.05, 3.63) is 29.8 Å². The van der Waals surface area contributed by atoms with Gasteiger partial charge in [0, 0.05) is 13.0 Å². The van der Waals surface area contributed by atoms with E-state index in [2.05, 4.69) is 26.1 Å². The van der Waals surface area contributed by atoms with E-state index in [1.165, 1.54) is 0 Å². The molecule has 0 saturated heterocycles. The van der Waals surface area contributed by atoms with Crippen molar-refractivity contribution < 1.29 is 19.4 Å². The minimum absolute atomic E-state index is 0.0858. The standard InChI is InChI=1S/C17H25NO4/c1-12(2)13(3)10-16(19)18-9-8-14-4-6-15(7-5-14)22-11-17(20)21/h4-7,12-13H,8-11H2,1-3H3,(H,18,19)(H,20,21). The molecule has 1 aromatic carbocycles.